The second-order valence-corrected chi connectivity index (χ2v) is 6.68. The molecule has 2 rings (SSSR count). The number of nitrogens with zero attached hydrogens (tertiary/aromatic N) is 1. The Kier molecular flexibility index (Phi) is 4.63. The number of hydrogen-bond acceptors (Lipinski definition) is 2. The zero-order chi connectivity index (χ0) is 15.7. The van der Waals surface area contributed by atoms with E-state index in [1.165, 1.54) is 12.1 Å². The van der Waals surface area contributed by atoms with Crippen molar-refractivity contribution in [2.45, 2.75) is 45.5 Å². The zero-order valence-corrected chi connectivity index (χ0v) is 12.5. The molecule has 1 fully saturated rings. The molecule has 0 saturated carbocycles. The predicted molar refractivity (Wildman–Crippen MR) is 75.7 cm³/mol. The van der Waals surface area contributed by atoms with Gasteiger partial charge in [-0.1, -0.05) is 32.0 Å². The van der Waals surface area contributed by atoms with Crippen LogP contribution in [0.3, 0.4) is 0 Å². The van der Waals surface area contributed by atoms with E-state index >= 15 is 0 Å². The average molecular weight is 301 g/mol. The first-order valence-corrected chi connectivity index (χ1v) is 7.23. The van der Waals surface area contributed by atoms with Gasteiger partial charge in [0.1, 0.15) is 0 Å². The van der Waals surface area contributed by atoms with Gasteiger partial charge in [-0.25, -0.2) is 0 Å². The van der Waals surface area contributed by atoms with E-state index in [9.17, 15) is 18.3 Å². The smallest absolute Gasteiger partial charge is 0.393 e. The van der Waals surface area contributed by atoms with Gasteiger partial charge in [0.15, 0.2) is 0 Å². The second kappa shape index (κ2) is 5.97. The van der Waals surface area contributed by atoms with Crippen LogP contribution in [0.2, 0.25) is 0 Å². The number of likely N-dealkylation sites (tertiary alicyclic amines) is 1. The van der Waals surface area contributed by atoms with Crippen molar-refractivity contribution >= 4 is 0 Å². The lowest BCUT2D eigenvalue weighted by Gasteiger charge is -2.30. The molecule has 1 N–H and O–H groups in total. The molecule has 21 heavy (non-hydrogen) atoms. The Labute approximate surface area is 123 Å². The number of alkyl halides is 3. The number of aliphatic hydroxyl groups excluding tert-OH is 1. The van der Waals surface area contributed by atoms with Crippen molar-refractivity contribution in [3.63, 3.8) is 0 Å². The Morgan fingerprint density at radius 3 is 2.62 bits per heavy atom. The van der Waals surface area contributed by atoms with Crippen LogP contribution in [0.25, 0.3) is 0 Å². The summed E-state index contributed by atoms with van der Waals surface area (Å²) in [6.07, 6.45) is -3.40. The van der Waals surface area contributed by atoms with Gasteiger partial charge in [-0.2, -0.15) is 13.2 Å². The largest absolute Gasteiger partial charge is 0.416 e. The summed E-state index contributed by atoms with van der Waals surface area (Å²) in [5.74, 6) is 0. The highest BCUT2D eigenvalue weighted by Crippen LogP contribution is 2.34. The minimum atomic E-state index is -4.32. The molecule has 1 saturated heterocycles. The molecule has 2 nitrogen and oxygen atoms in total. The summed E-state index contributed by atoms with van der Waals surface area (Å²) in [6, 6.07) is 5.73. The SMILES string of the molecule is CC1(C)CC(O)CCN(Cc2ccccc2C(F)(F)F)C1. The van der Waals surface area contributed by atoms with Crippen molar-refractivity contribution in [3.05, 3.63) is 35.4 Å². The number of halogens is 3. The summed E-state index contributed by atoms with van der Waals surface area (Å²) in [5, 5.41) is 9.89. The molecule has 0 bridgehead atoms. The third-order valence-electron chi connectivity index (χ3n) is 3.94. The van der Waals surface area contributed by atoms with Crippen molar-refractivity contribution in [2.24, 2.45) is 5.41 Å². The van der Waals surface area contributed by atoms with E-state index in [0.717, 1.165) is 6.07 Å². The van der Waals surface area contributed by atoms with E-state index < -0.39 is 11.7 Å². The average Bonchev–Trinajstić information content (AvgIpc) is 2.46. The lowest BCUT2D eigenvalue weighted by molar-refractivity contribution is -0.138. The molecule has 0 aliphatic carbocycles. The van der Waals surface area contributed by atoms with Crippen LogP contribution >= 0.6 is 0 Å². The van der Waals surface area contributed by atoms with Gasteiger partial charge < -0.3 is 5.11 Å². The summed E-state index contributed by atoms with van der Waals surface area (Å²) in [5.41, 5.74) is -0.354. The van der Waals surface area contributed by atoms with Crippen molar-refractivity contribution in [1.82, 2.24) is 4.90 Å². The maximum absolute atomic E-state index is 13.0. The van der Waals surface area contributed by atoms with Crippen LogP contribution in [0.4, 0.5) is 13.2 Å². The second-order valence-electron chi connectivity index (χ2n) is 6.68. The Morgan fingerprint density at radius 2 is 1.95 bits per heavy atom. The molecule has 1 unspecified atom stereocenters. The fourth-order valence-corrected chi connectivity index (χ4v) is 3.13. The highest BCUT2D eigenvalue weighted by Gasteiger charge is 2.34. The molecule has 5 heteroatoms. The minimum Gasteiger partial charge on any atom is -0.393 e. The van der Waals surface area contributed by atoms with Crippen LogP contribution < -0.4 is 0 Å². The van der Waals surface area contributed by atoms with Gasteiger partial charge in [-0.05, 0) is 29.9 Å². The maximum Gasteiger partial charge on any atom is 0.416 e. The third kappa shape index (κ3) is 4.45. The molecule has 1 heterocycles. The molecule has 1 aliphatic heterocycles. The monoisotopic (exact) mass is 301 g/mol. The third-order valence-corrected chi connectivity index (χ3v) is 3.94. The lowest BCUT2D eigenvalue weighted by atomic mass is 9.87. The zero-order valence-electron chi connectivity index (χ0n) is 12.5. The molecule has 118 valence electrons. The van der Waals surface area contributed by atoms with Crippen LogP contribution in [0.1, 0.15) is 37.8 Å². The van der Waals surface area contributed by atoms with Crippen molar-refractivity contribution < 1.29 is 18.3 Å². The normalized spacial score (nSPS) is 23.8. The molecule has 0 radical (unpaired) electrons. The van der Waals surface area contributed by atoms with E-state index in [0.29, 0.717) is 31.5 Å². The fourth-order valence-electron chi connectivity index (χ4n) is 3.13. The predicted octanol–water partition coefficient (Wildman–Crippen LogP) is 3.69. The molecule has 0 amide bonds. The molecule has 0 spiro atoms. The fraction of sp³-hybridized carbons (Fsp3) is 0.625. The van der Waals surface area contributed by atoms with Crippen LogP contribution in [0.15, 0.2) is 24.3 Å². The summed E-state index contributed by atoms with van der Waals surface area (Å²) in [6.45, 7) is 5.67. The number of rotatable bonds is 2. The molecule has 1 aromatic rings. The topological polar surface area (TPSA) is 23.5 Å². The summed E-state index contributed by atoms with van der Waals surface area (Å²) in [4.78, 5) is 2.01. The van der Waals surface area contributed by atoms with E-state index in [1.807, 2.05) is 18.7 Å². The quantitative estimate of drug-likeness (QED) is 0.900. The molecule has 1 aromatic carbocycles. The van der Waals surface area contributed by atoms with Gasteiger partial charge in [0, 0.05) is 19.6 Å². The van der Waals surface area contributed by atoms with Crippen LogP contribution in [0.5, 0.6) is 0 Å². The van der Waals surface area contributed by atoms with Crippen molar-refractivity contribution in [2.75, 3.05) is 13.1 Å². The first kappa shape index (κ1) is 16.3. The maximum atomic E-state index is 13.0. The van der Waals surface area contributed by atoms with E-state index in [-0.39, 0.29) is 18.1 Å². The van der Waals surface area contributed by atoms with Crippen molar-refractivity contribution in [3.8, 4) is 0 Å². The highest BCUT2D eigenvalue weighted by molar-refractivity contribution is 5.29. The Balaban J connectivity index is 2.18. The first-order valence-electron chi connectivity index (χ1n) is 7.23. The summed E-state index contributed by atoms with van der Waals surface area (Å²) >= 11 is 0. The van der Waals surface area contributed by atoms with E-state index in [4.69, 9.17) is 0 Å². The number of aliphatic hydroxyl groups is 1. The van der Waals surface area contributed by atoms with Gasteiger partial charge in [0.05, 0.1) is 11.7 Å². The Bertz CT molecular complexity index is 485. The highest BCUT2D eigenvalue weighted by atomic mass is 19.4. The van der Waals surface area contributed by atoms with Gasteiger partial charge >= 0.3 is 6.18 Å². The van der Waals surface area contributed by atoms with E-state index in [2.05, 4.69) is 0 Å². The van der Waals surface area contributed by atoms with Crippen molar-refractivity contribution in [1.29, 1.82) is 0 Å². The van der Waals surface area contributed by atoms with Gasteiger partial charge in [0.2, 0.25) is 0 Å². The van der Waals surface area contributed by atoms with Gasteiger partial charge in [-0.3, -0.25) is 4.90 Å². The van der Waals surface area contributed by atoms with Crippen LogP contribution in [0, 0.1) is 5.41 Å². The molecule has 1 atom stereocenters. The van der Waals surface area contributed by atoms with E-state index in [1.54, 1.807) is 6.07 Å². The molecule has 1 aliphatic rings. The molecular weight excluding hydrogens is 279 g/mol. The van der Waals surface area contributed by atoms with Crippen LogP contribution in [-0.4, -0.2) is 29.2 Å². The van der Waals surface area contributed by atoms with Crippen LogP contribution in [-0.2, 0) is 12.7 Å². The standard InChI is InChI=1S/C16H22F3NO/c1-15(2)9-13(21)7-8-20(11-15)10-12-5-3-4-6-14(12)16(17,18)19/h3-6,13,21H,7-11H2,1-2H3. The summed E-state index contributed by atoms with van der Waals surface area (Å²) < 4.78 is 39.1. The lowest BCUT2D eigenvalue weighted by Crippen LogP contribution is -2.33. The summed E-state index contributed by atoms with van der Waals surface area (Å²) in [7, 11) is 0. The Morgan fingerprint density at radius 1 is 1.29 bits per heavy atom. The number of benzene rings is 1. The molecule has 0 aromatic heterocycles. The first-order chi connectivity index (χ1) is 9.67. The van der Waals surface area contributed by atoms with Gasteiger partial charge in [-0.15, -0.1) is 0 Å². The Hall–Kier alpha value is -1.07. The number of hydrogen-bond donors (Lipinski definition) is 1. The minimum absolute atomic E-state index is 0.0942. The van der Waals surface area contributed by atoms with Gasteiger partial charge in [0.25, 0.3) is 0 Å². The molecular formula is C16H22F3NO.